The summed E-state index contributed by atoms with van der Waals surface area (Å²) in [4.78, 5) is 11.1. The zero-order valence-corrected chi connectivity index (χ0v) is 9.91. The van der Waals surface area contributed by atoms with Gasteiger partial charge in [0, 0.05) is 26.2 Å². The topological polar surface area (TPSA) is 61.8 Å². The van der Waals surface area contributed by atoms with E-state index in [-0.39, 0.29) is 0 Å². The highest BCUT2D eigenvalue weighted by atomic mass is 19.4. The number of nitrogens with one attached hydrogen (secondary N) is 1. The molecule has 0 amide bonds. The number of ether oxygens (including phenoxy) is 1. The first-order valence-electron chi connectivity index (χ1n) is 4.90. The van der Waals surface area contributed by atoms with Crippen molar-refractivity contribution in [2.24, 2.45) is 0 Å². The molecule has 0 aromatic carbocycles. The number of carbonyl (C=O) groups is 1. The minimum absolute atomic E-state index is 0.370. The summed E-state index contributed by atoms with van der Waals surface area (Å²) in [6, 6.07) is 0.546. The summed E-state index contributed by atoms with van der Waals surface area (Å²) in [5, 5.41) is 10.4. The third-order valence-electron chi connectivity index (χ3n) is 2.34. The molecule has 0 aromatic heterocycles. The first-order valence-corrected chi connectivity index (χ1v) is 4.90. The fourth-order valence-corrected chi connectivity index (χ4v) is 1.40. The van der Waals surface area contributed by atoms with E-state index < -0.39 is 12.1 Å². The Morgan fingerprint density at radius 2 is 1.88 bits per heavy atom. The van der Waals surface area contributed by atoms with Crippen molar-refractivity contribution >= 4 is 5.97 Å². The Morgan fingerprint density at radius 3 is 2.12 bits per heavy atom. The minimum Gasteiger partial charge on any atom is -0.475 e. The van der Waals surface area contributed by atoms with Gasteiger partial charge in [0.15, 0.2) is 0 Å². The standard InChI is InChI=1S/C7H16N2O.C2HF3O2/c1-9(2)6-4-8-5-7(6)10-3;3-2(4,5)1(6)7/h6-8H,4-5H2,1-3H3;(H,6,7)/t6-,7-;/m0./s1. The van der Waals surface area contributed by atoms with Crippen LogP contribution in [0.5, 0.6) is 0 Å². The summed E-state index contributed by atoms with van der Waals surface area (Å²) in [6.45, 7) is 2.03. The summed E-state index contributed by atoms with van der Waals surface area (Å²) < 4.78 is 37.0. The first kappa shape index (κ1) is 16.1. The summed E-state index contributed by atoms with van der Waals surface area (Å²) in [5.41, 5.74) is 0. The highest BCUT2D eigenvalue weighted by Gasteiger charge is 2.38. The molecular weight excluding hydrogens is 241 g/mol. The van der Waals surface area contributed by atoms with Crippen LogP contribution in [-0.4, -0.2) is 68.6 Å². The van der Waals surface area contributed by atoms with E-state index in [1.165, 1.54) is 0 Å². The summed E-state index contributed by atoms with van der Waals surface area (Å²) in [7, 11) is 5.95. The second kappa shape index (κ2) is 6.77. The lowest BCUT2D eigenvalue weighted by molar-refractivity contribution is -0.192. The van der Waals surface area contributed by atoms with Crippen molar-refractivity contribution in [2.45, 2.75) is 18.3 Å². The van der Waals surface area contributed by atoms with Crippen molar-refractivity contribution in [1.29, 1.82) is 0 Å². The van der Waals surface area contributed by atoms with Gasteiger partial charge in [-0.25, -0.2) is 4.79 Å². The fraction of sp³-hybridized carbons (Fsp3) is 0.889. The molecule has 0 aliphatic carbocycles. The third-order valence-corrected chi connectivity index (χ3v) is 2.34. The van der Waals surface area contributed by atoms with Crippen molar-refractivity contribution in [1.82, 2.24) is 10.2 Å². The summed E-state index contributed by atoms with van der Waals surface area (Å²) in [5.74, 6) is -2.76. The molecule has 0 aromatic rings. The number of hydrogen-bond acceptors (Lipinski definition) is 4. The van der Waals surface area contributed by atoms with Gasteiger partial charge < -0.3 is 20.1 Å². The number of likely N-dealkylation sites (N-methyl/N-ethyl adjacent to an activating group) is 1. The Labute approximate surface area is 97.5 Å². The van der Waals surface area contributed by atoms with Crippen molar-refractivity contribution in [3.05, 3.63) is 0 Å². The molecule has 8 heteroatoms. The van der Waals surface area contributed by atoms with Gasteiger partial charge in [-0.05, 0) is 14.1 Å². The molecule has 2 atom stereocenters. The Kier molecular flexibility index (Phi) is 6.43. The molecule has 1 aliphatic rings. The molecule has 1 fully saturated rings. The van der Waals surface area contributed by atoms with Gasteiger partial charge in [0.25, 0.3) is 0 Å². The van der Waals surface area contributed by atoms with Gasteiger partial charge in [-0.3, -0.25) is 0 Å². The Bertz CT molecular complexity index is 246. The van der Waals surface area contributed by atoms with Crippen LogP contribution in [-0.2, 0) is 9.53 Å². The van der Waals surface area contributed by atoms with E-state index in [2.05, 4.69) is 24.3 Å². The van der Waals surface area contributed by atoms with E-state index in [0.29, 0.717) is 12.1 Å². The van der Waals surface area contributed by atoms with Gasteiger partial charge in [0.05, 0.1) is 6.10 Å². The number of carboxylic acid groups (broad SMARTS) is 1. The van der Waals surface area contributed by atoms with Gasteiger partial charge in [-0.1, -0.05) is 0 Å². The van der Waals surface area contributed by atoms with Crippen LogP contribution in [0.4, 0.5) is 13.2 Å². The predicted octanol–water partition coefficient (Wildman–Crippen LogP) is 0.168. The second-order valence-electron chi connectivity index (χ2n) is 3.77. The lowest BCUT2D eigenvalue weighted by Gasteiger charge is -2.23. The normalized spacial score (nSPS) is 24.4. The van der Waals surface area contributed by atoms with Crippen LogP contribution < -0.4 is 5.32 Å². The summed E-state index contributed by atoms with van der Waals surface area (Å²) >= 11 is 0. The molecule has 0 unspecified atom stereocenters. The molecule has 0 radical (unpaired) electrons. The fourth-order valence-electron chi connectivity index (χ4n) is 1.40. The first-order chi connectivity index (χ1) is 7.70. The van der Waals surface area contributed by atoms with E-state index >= 15 is 0 Å². The molecule has 0 saturated carbocycles. The van der Waals surface area contributed by atoms with Crippen LogP contribution in [0, 0.1) is 0 Å². The van der Waals surface area contributed by atoms with Crippen molar-refractivity contribution < 1.29 is 27.8 Å². The van der Waals surface area contributed by atoms with Gasteiger partial charge in [-0.15, -0.1) is 0 Å². The minimum atomic E-state index is -5.08. The monoisotopic (exact) mass is 258 g/mol. The summed E-state index contributed by atoms with van der Waals surface area (Å²) in [6.07, 6.45) is -4.71. The molecule has 2 N–H and O–H groups in total. The molecule has 1 rings (SSSR count). The quantitative estimate of drug-likeness (QED) is 0.739. The average molecular weight is 258 g/mol. The molecule has 17 heavy (non-hydrogen) atoms. The van der Waals surface area contributed by atoms with Gasteiger partial charge in [0.2, 0.25) is 0 Å². The van der Waals surface area contributed by atoms with E-state index in [0.717, 1.165) is 13.1 Å². The number of aliphatic carboxylic acids is 1. The molecule has 1 heterocycles. The number of carboxylic acids is 1. The number of halogens is 3. The van der Waals surface area contributed by atoms with Crippen LogP contribution in [0.15, 0.2) is 0 Å². The third kappa shape index (κ3) is 5.85. The number of rotatable bonds is 2. The van der Waals surface area contributed by atoms with Crippen molar-refractivity contribution in [3.63, 3.8) is 0 Å². The number of hydrogen-bond donors (Lipinski definition) is 2. The maximum absolute atomic E-state index is 10.6. The van der Waals surface area contributed by atoms with Crippen molar-refractivity contribution in [2.75, 3.05) is 34.3 Å². The molecule has 102 valence electrons. The number of methoxy groups -OCH3 is 1. The largest absolute Gasteiger partial charge is 0.490 e. The lowest BCUT2D eigenvalue weighted by atomic mass is 10.2. The van der Waals surface area contributed by atoms with Crippen LogP contribution in [0.3, 0.4) is 0 Å². The maximum Gasteiger partial charge on any atom is 0.490 e. The SMILES string of the molecule is CO[C@H]1CNC[C@@H]1N(C)C.O=C(O)C(F)(F)F. The van der Waals surface area contributed by atoms with E-state index in [1.54, 1.807) is 7.11 Å². The van der Waals surface area contributed by atoms with Crippen molar-refractivity contribution in [3.8, 4) is 0 Å². The second-order valence-corrected chi connectivity index (χ2v) is 3.77. The Balaban J connectivity index is 0.000000325. The zero-order valence-electron chi connectivity index (χ0n) is 9.91. The highest BCUT2D eigenvalue weighted by Crippen LogP contribution is 2.13. The van der Waals surface area contributed by atoms with E-state index in [9.17, 15) is 13.2 Å². The van der Waals surface area contributed by atoms with Crippen LogP contribution in [0.25, 0.3) is 0 Å². The molecule has 1 saturated heterocycles. The predicted molar refractivity (Wildman–Crippen MR) is 54.8 cm³/mol. The van der Waals surface area contributed by atoms with Gasteiger partial charge >= 0.3 is 12.1 Å². The Morgan fingerprint density at radius 1 is 1.41 bits per heavy atom. The Hall–Kier alpha value is -0.860. The zero-order chi connectivity index (χ0) is 13.6. The van der Waals surface area contributed by atoms with E-state index in [1.807, 2.05) is 0 Å². The molecule has 1 aliphatic heterocycles. The van der Waals surface area contributed by atoms with Crippen LogP contribution in [0.2, 0.25) is 0 Å². The van der Waals surface area contributed by atoms with Crippen LogP contribution in [0.1, 0.15) is 0 Å². The van der Waals surface area contributed by atoms with Gasteiger partial charge in [-0.2, -0.15) is 13.2 Å². The number of nitrogens with zero attached hydrogens (tertiary/aromatic N) is 1. The molecular formula is C9H17F3N2O3. The molecule has 5 nitrogen and oxygen atoms in total. The highest BCUT2D eigenvalue weighted by molar-refractivity contribution is 5.73. The van der Waals surface area contributed by atoms with Gasteiger partial charge in [0.1, 0.15) is 0 Å². The van der Waals surface area contributed by atoms with E-state index in [4.69, 9.17) is 14.6 Å². The van der Waals surface area contributed by atoms with Crippen LogP contribution >= 0.6 is 0 Å². The number of alkyl halides is 3. The maximum atomic E-state index is 10.6. The average Bonchev–Trinajstić information content (AvgIpc) is 2.64. The smallest absolute Gasteiger partial charge is 0.475 e. The molecule has 0 bridgehead atoms. The lowest BCUT2D eigenvalue weighted by Crippen LogP contribution is -2.38. The molecule has 0 spiro atoms.